The molecule has 2 aliphatic rings. The highest BCUT2D eigenvalue weighted by Gasteiger charge is 2.30. The molecule has 3 rings (SSSR count). The van der Waals surface area contributed by atoms with Crippen molar-refractivity contribution < 1.29 is 18.1 Å². The Morgan fingerprint density at radius 3 is 2.36 bits per heavy atom. The van der Waals surface area contributed by atoms with Crippen LogP contribution in [-0.4, -0.2) is 67.7 Å². The Kier molecular flexibility index (Phi) is 7.76. The summed E-state index contributed by atoms with van der Waals surface area (Å²) in [5.41, 5.74) is -0.151. The fourth-order valence-corrected chi connectivity index (χ4v) is 4.94. The van der Waals surface area contributed by atoms with Crippen LogP contribution in [-0.2, 0) is 14.8 Å². The standard InChI is InChI=1S/C17H24N4O5S.ClH/c22-17(6-1-14-7-8-18-13-14)19-9-11-20(12-10-19)27(25,26)16-4-2-15(3-5-16)21(23)24;/h2-5,14,18H,1,6-13H2;1H. The maximum atomic E-state index is 12.7. The van der Waals surface area contributed by atoms with Gasteiger partial charge in [-0.3, -0.25) is 14.9 Å². The number of carbonyl (C=O) groups is 1. The molecule has 156 valence electrons. The van der Waals surface area contributed by atoms with Crippen LogP contribution in [0.25, 0.3) is 0 Å². The summed E-state index contributed by atoms with van der Waals surface area (Å²) in [5.74, 6) is 0.632. The first-order valence-corrected chi connectivity index (χ1v) is 10.5. The average Bonchev–Trinajstić information content (AvgIpc) is 3.20. The summed E-state index contributed by atoms with van der Waals surface area (Å²) in [6.07, 6.45) is 2.48. The van der Waals surface area contributed by atoms with Gasteiger partial charge < -0.3 is 10.2 Å². The molecule has 0 aromatic heterocycles. The first-order valence-electron chi connectivity index (χ1n) is 9.11. The van der Waals surface area contributed by atoms with E-state index in [-0.39, 0.29) is 42.0 Å². The monoisotopic (exact) mass is 432 g/mol. The van der Waals surface area contributed by atoms with E-state index in [1.165, 1.54) is 28.6 Å². The van der Waals surface area contributed by atoms with Gasteiger partial charge in [0.2, 0.25) is 15.9 Å². The Balaban J connectivity index is 0.00000280. The van der Waals surface area contributed by atoms with E-state index in [1.54, 1.807) is 4.90 Å². The fraction of sp³-hybridized carbons (Fsp3) is 0.588. The minimum absolute atomic E-state index is 0. The Morgan fingerprint density at radius 1 is 1.18 bits per heavy atom. The van der Waals surface area contributed by atoms with E-state index < -0.39 is 14.9 Å². The molecule has 0 bridgehead atoms. The van der Waals surface area contributed by atoms with Crippen molar-refractivity contribution in [2.75, 3.05) is 39.3 Å². The maximum Gasteiger partial charge on any atom is 0.269 e. The number of nitro groups is 1. The summed E-state index contributed by atoms with van der Waals surface area (Å²) >= 11 is 0. The molecule has 2 fully saturated rings. The van der Waals surface area contributed by atoms with E-state index in [1.807, 2.05) is 0 Å². The normalized spacial score (nSPS) is 20.6. The van der Waals surface area contributed by atoms with E-state index in [0.29, 0.717) is 25.4 Å². The lowest BCUT2D eigenvalue weighted by Gasteiger charge is -2.34. The van der Waals surface area contributed by atoms with Crippen molar-refractivity contribution in [3.05, 3.63) is 34.4 Å². The highest BCUT2D eigenvalue weighted by Crippen LogP contribution is 2.21. The van der Waals surface area contributed by atoms with Gasteiger partial charge in [0.1, 0.15) is 0 Å². The number of nitrogens with zero attached hydrogens (tertiary/aromatic N) is 3. The third-order valence-electron chi connectivity index (χ3n) is 5.21. The summed E-state index contributed by atoms with van der Waals surface area (Å²) in [6, 6.07) is 4.87. The Bertz CT molecular complexity index is 788. The quantitative estimate of drug-likeness (QED) is 0.534. The largest absolute Gasteiger partial charge is 0.340 e. The number of carbonyl (C=O) groups excluding carboxylic acids is 1. The van der Waals surface area contributed by atoms with Crippen molar-refractivity contribution in [1.82, 2.24) is 14.5 Å². The molecule has 9 nitrogen and oxygen atoms in total. The minimum Gasteiger partial charge on any atom is -0.340 e. The number of benzene rings is 1. The molecule has 1 aromatic carbocycles. The van der Waals surface area contributed by atoms with Gasteiger partial charge in [-0.05, 0) is 44.0 Å². The molecule has 1 atom stereocenters. The molecule has 1 aromatic rings. The molecular weight excluding hydrogens is 408 g/mol. The molecule has 1 N–H and O–H groups in total. The molecular formula is C17H25ClN4O5S. The number of nitro benzene ring substituents is 1. The number of hydrogen-bond donors (Lipinski definition) is 1. The number of amides is 1. The van der Waals surface area contributed by atoms with Crippen LogP contribution >= 0.6 is 12.4 Å². The van der Waals surface area contributed by atoms with Crippen LogP contribution in [0.2, 0.25) is 0 Å². The second-order valence-corrected chi connectivity index (χ2v) is 8.87. The lowest BCUT2D eigenvalue weighted by molar-refractivity contribution is -0.384. The van der Waals surface area contributed by atoms with Crippen LogP contribution in [0.15, 0.2) is 29.2 Å². The van der Waals surface area contributed by atoms with E-state index in [4.69, 9.17) is 0 Å². The molecule has 28 heavy (non-hydrogen) atoms. The predicted molar refractivity (Wildman–Crippen MR) is 106 cm³/mol. The lowest BCUT2D eigenvalue weighted by atomic mass is 10.0. The van der Waals surface area contributed by atoms with Crippen LogP contribution < -0.4 is 5.32 Å². The molecule has 1 unspecified atom stereocenters. The zero-order chi connectivity index (χ0) is 19.4. The van der Waals surface area contributed by atoms with Gasteiger partial charge >= 0.3 is 0 Å². The number of halogens is 1. The van der Waals surface area contributed by atoms with Crippen molar-refractivity contribution >= 4 is 34.0 Å². The SMILES string of the molecule is Cl.O=C(CCC1CCNC1)N1CCN(S(=O)(=O)c2ccc([N+](=O)[O-])cc2)CC1. The zero-order valence-corrected chi connectivity index (χ0v) is 17.1. The predicted octanol–water partition coefficient (Wildman–Crippen LogP) is 1.24. The molecule has 0 aliphatic carbocycles. The van der Waals surface area contributed by atoms with E-state index in [2.05, 4.69) is 5.32 Å². The molecule has 0 radical (unpaired) electrons. The van der Waals surface area contributed by atoms with E-state index in [0.717, 1.165) is 25.9 Å². The van der Waals surface area contributed by atoms with Gasteiger partial charge in [-0.1, -0.05) is 0 Å². The summed E-state index contributed by atoms with van der Waals surface area (Å²) in [4.78, 5) is 24.3. The lowest BCUT2D eigenvalue weighted by Crippen LogP contribution is -2.50. The molecule has 2 saturated heterocycles. The van der Waals surface area contributed by atoms with Crippen molar-refractivity contribution in [1.29, 1.82) is 0 Å². The van der Waals surface area contributed by atoms with Crippen LogP contribution in [0.4, 0.5) is 5.69 Å². The Labute approximate surface area is 170 Å². The first-order chi connectivity index (χ1) is 12.9. The summed E-state index contributed by atoms with van der Waals surface area (Å²) in [6.45, 7) is 3.18. The Hall–Kier alpha value is -1.75. The molecule has 0 spiro atoms. The summed E-state index contributed by atoms with van der Waals surface area (Å²) in [7, 11) is -3.71. The van der Waals surface area contributed by atoms with Crippen LogP contribution in [0.1, 0.15) is 19.3 Å². The smallest absolute Gasteiger partial charge is 0.269 e. The molecule has 11 heteroatoms. The van der Waals surface area contributed by atoms with Crippen LogP contribution in [0, 0.1) is 16.0 Å². The number of sulfonamides is 1. The Morgan fingerprint density at radius 2 is 1.82 bits per heavy atom. The van der Waals surface area contributed by atoms with Crippen LogP contribution in [0.3, 0.4) is 0 Å². The van der Waals surface area contributed by atoms with Gasteiger partial charge in [-0.2, -0.15) is 4.31 Å². The maximum absolute atomic E-state index is 12.7. The van der Waals surface area contributed by atoms with E-state index in [9.17, 15) is 23.3 Å². The zero-order valence-electron chi connectivity index (χ0n) is 15.5. The number of nitrogens with one attached hydrogen (secondary N) is 1. The van der Waals surface area contributed by atoms with Crippen molar-refractivity contribution in [2.24, 2.45) is 5.92 Å². The molecule has 1 amide bonds. The van der Waals surface area contributed by atoms with Gasteiger partial charge in [0.05, 0.1) is 9.82 Å². The highest BCUT2D eigenvalue weighted by atomic mass is 35.5. The van der Waals surface area contributed by atoms with E-state index >= 15 is 0 Å². The minimum atomic E-state index is -3.71. The van der Waals surface area contributed by atoms with Gasteiger partial charge in [-0.25, -0.2) is 8.42 Å². The third kappa shape index (κ3) is 5.19. The van der Waals surface area contributed by atoms with Gasteiger partial charge in [-0.15, -0.1) is 12.4 Å². The topological polar surface area (TPSA) is 113 Å². The van der Waals surface area contributed by atoms with Crippen molar-refractivity contribution in [3.8, 4) is 0 Å². The van der Waals surface area contributed by atoms with Crippen molar-refractivity contribution in [2.45, 2.75) is 24.2 Å². The molecule has 2 aliphatic heterocycles. The van der Waals surface area contributed by atoms with Gasteiger partial charge in [0.25, 0.3) is 5.69 Å². The highest BCUT2D eigenvalue weighted by molar-refractivity contribution is 7.89. The van der Waals surface area contributed by atoms with Crippen molar-refractivity contribution in [3.63, 3.8) is 0 Å². The van der Waals surface area contributed by atoms with Gasteiger partial charge in [0, 0.05) is 44.7 Å². The molecule has 2 heterocycles. The number of non-ortho nitro benzene ring substituents is 1. The number of hydrogen-bond acceptors (Lipinski definition) is 6. The number of rotatable bonds is 6. The molecule has 0 saturated carbocycles. The third-order valence-corrected chi connectivity index (χ3v) is 7.12. The first kappa shape index (κ1) is 22.5. The number of piperazine rings is 1. The second-order valence-electron chi connectivity index (χ2n) is 6.93. The fourth-order valence-electron chi connectivity index (χ4n) is 3.51. The van der Waals surface area contributed by atoms with Crippen LogP contribution in [0.5, 0.6) is 0 Å². The second kappa shape index (κ2) is 9.64. The summed E-state index contributed by atoms with van der Waals surface area (Å²) in [5, 5.41) is 14.0. The average molecular weight is 433 g/mol. The summed E-state index contributed by atoms with van der Waals surface area (Å²) < 4.78 is 26.7. The van der Waals surface area contributed by atoms with Gasteiger partial charge in [0.15, 0.2) is 0 Å².